The second-order valence-electron chi connectivity index (χ2n) is 5.60. The van der Waals surface area contributed by atoms with Crippen LogP contribution in [0.3, 0.4) is 0 Å². The Kier molecular flexibility index (Phi) is 6.04. The Balaban J connectivity index is 1.51. The molecule has 2 heterocycles. The van der Waals surface area contributed by atoms with Gasteiger partial charge in [-0.3, -0.25) is 0 Å². The van der Waals surface area contributed by atoms with Crippen LogP contribution in [0.15, 0.2) is 52.7 Å². The first kappa shape index (κ1) is 19.3. The van der Waals surface area contributed by atoms with Crippen LogP contribution in [0, 0.1) is 6.92 Å². The molecule has 7 nitrogen and oxygen atoms in total. The highest BCUT2D eigenvalue weighted by Crippen LogP contribution is 2.21. The molecule has 0 bridgehead atoms. The van der Waals surface area contributed by atoms with Gasteiger partial charge < -0.3 is 9.47 Å². The predicted octanol–water partition coefficient (Wildman–Crippen LogP) is 2.88. The van der Waals surface area contributed by atoms with Crippen LogP contribution in [0.2, 0.25) is 0 Å². The first-order valence-electron chi connectivity index (χ1n) is 8.15. The summed E-state index contributed by atoms with van der Waals surface area (Å²) in [7, 11) is -1.89. The fourth-order valence-electron chi connectivity index (χ4n) is 2.27. The van der Waals surface area contributed by atoms with Crippen molar-refractivity contribution in [1.82, 2.24) is 14.9 Å². The number of hydrogen-bond acceptors (Lipinski definition) is 7. The lowest BCUT2D eigenvalue weighted by molar-refractivity contribution is 0.307. The molecule has 0 aliphatic rings. The Labute approximate surface area is 162 Å². The van der Waals surface area contributed by atoms with Crippen molar-refractivity contribution in [1.29, 1.82) is 0 Å². The lowest BCUT2D eigenvalue weighted by atomic mass is 10.1. The van der Waals surface area contributed by atoms with Gasteiger partial charge in [0.1, 0.15) is 16.6 Å². The molecule has 3 rings (SSSR count). The highest BCUT2D eigenvalue weighted by atomic mass is 32.2. The van der Waals surface area contributed by atoms with E-state index in [9.17, 15) is 8.42 Å². The van der Waals surface area contributed by atoms with E-state index >= 15 is 0 Å². The van der Waals surface area contributed by atoms with E-state index in [1.807, 2.05) is 31.2 Å². The quantitative estimate of drug-likeness (QED) is 0.580. The van der Waals surface area contributed by atoms with Crippen LogP contribution in [-0.2, 0) is 10.0 Å². The monoisotopic (exact) mass is 405 g/mol. The third-order valence-corrected chi connectivity index (χ3v) is 6.60. The predicted molar refractivity (Wildman–Crippen MR) is 104 cm³/mol. The smallest absolute Gasteiger partial charge is 0.250 e. The number of aromatic nitrogens is 2. The largest absolute Gasteiger partial charge is 0.497 e. The van der Waals surface area contributed by atoms with Gasteiger partial charge in [-0.2, -0.15) is 0 Å². The molecule has 27 heavy (non-hydrogen) atoms. The number of aryl methyl sites for hydroxylation is 1. The number of benzene rings is 1. The summed E-state index contributed by atoms with van der Waals surface area (Å²) in [4.78, 5) is 0.943. The molecule has 0 fully saturated rings. The van der Waals surface area contributed by atoms with E-state index in [4.69, 9.17) is 9.47 Å². The van der Waals surface area contributed by atoms with Crippen LogP contribution in [-0.4, -0.2) is 38.9 Å². The van der Waals surface area contributed by atoms with Crippen molar-refractivity contribution >= 4 is 21.4 Å². The fourth-order valence-corrected chi connectivity index (χ4v) is 4.61. The van der Waals surface area contributed by atoms with E-state index in [0.29, 0.717) is 15.8 Å². The van der Waals surface area contributed by atoms with Crippen molar-refractivity contribution in [3.63, 3.8) is 0 Å². The van der Waals surface area contributed by atoms with E-state index in [1.165, 1.54) is 11.3 Å². The average molecular weight is 406 g/mol. The van der Waals surface area contributed by atoms with Crippen molar-refractivity contribution in [3.05, 3.63) is 53.4 Å². The Morgan fingerprint density at radius 2 is 1.81 bits per heavy atom. The van der Waals surface area contributed by atoms with Gasteiger partial charge in [-0.25, -0.2) is 13.1 Å². The van der Waals surface area contributed by atoms with Gasteiger partial charge in [-0.05, 0) is 49.4 Å². The van der Waals surface area contributed by atoms with E-state index in [2.05, 4.69) is 14.9 Å². The van der Waals surface area contributed by atoms with E-state index in [1.54, 1.807) is 31.4 Å². The lowest BCUT2D eigenvalue weighted by Gasteiger charge is -2.07. The molecule has 0 saturated carbocycles. The van der Waals surface area contributed by atoms with Crippen molar-refractivity contribution < 1.29 is 17.9 Å². The van der Waals surface area contributed by atoms with Gasteiger partial charge in [-0.15, -0.1) is 21.5 Å². The van der Waals surface area contributed by atoms with E-state index in [-0.39, 0.29) is 13.2 Å². The zero-order valence-electron chi connectivity index (χ0n) is 14.9. The van der Waals surface area contributed by atoms with Crippen LogP contribution >= 0.6 is 11.3 Å². The Bertz CT molecular complexity index is 984. The Morgan fingerprint density at radius 3 is 2.41 bits per heavy atom. The summed E-state index contributed by atoms with van der Waals surface area (Å²) < 4.78 is 37.6. The molecule has 0 saturated heterocycles. The maximum Gasteiger partial charge on any atom is 0.250 e. The number of ether oxygens (including phenoxy) is 2. The summed E-state index contributed by atoms with van der Waals surface area (Å²) in [5.74, 6) is 1.10. The maximum absolute atomic E-state index is 12.1. The van der Waals surface area contributed by atoms with Crippen molar-refractivity contribution in [2.45, 2.75) is 11.1 Å². The number of thiophene rings is 1. The first-order chi connectivity index (χ1) is 13.0. The van der Waals surface area contributed by atoms with Gasteiger partial charge in [-0.1, -0.05) is 0 Å². The van der Waals surface area contributed by atoms with E-state index < -0.39 is 10.0 Å². The van der Waals surface area contributed by atoms with Crippen molar-refractivity contribution in [2.75, 3.05) is 20.3 Å². The second-order valence-corrected chi connectivity index (χ2v) is 8.88. The normalized spacial score (nSPS) is 11.3. The number of nitrogens with one attached hydrogen (secondary N) is 1. The number of methoxy groups -OCH3 is 1. The van der Waals surface area contributed by atoms with Gasteiger partial charge in [0.2, 0.25) is 15.9 Å². The zero-order chi connectivity index (χ0) is 19.3. The number of hydrogen-bond donors (Lipinski definition) is 1. The average Bonchev–Trinajstić information content (AvgIpc) is 3.13. The van der Waals surface area contributed by atoms with Crippen LogP contribution in [0.4, 0.5) is 0 Å². The molecule has 0 unspecified atom stereocenters. The molecule has 0 spiro atoms. The summed E-state index contributed by atoms with van der Waals surface area (Å²) in [6.45, 7) is 2.16. The third kappa shape index (κ3) is 5.03. The van der Waals surface area contributed by atoms with Crippen LogP contribution < -0.4 is 14.2 Å². The van der Waals surface area contributed by atoms with Gasteiger partial charge >= 0.3 is 0 Å². The minimum absolute atomic E-state index is 0.140. The molecule has 1 aromatic carbocycles. The number of sulfonamides is 1. The minimum atomic E-state index is -3.50. The molecular weight excluding hydrogens is 386 g/mol. The SMILES string of the molecule is COc1ccc(-c2ccc(OCCNS(=O)(=O)c3ccc(C)s3)nn2)cc1. The van der Waals surface area contributed by atoms with Crippen molar-refractivity contribution in [2.24, 2.45) is 0 Å². The summed E-state index contributed by atoms with van der Waals surface area (Å²) >= 11 is 1.23. The maximum atomic E-state index is 12.1. The first-order valence-corrected chi connectivity index (χ1v) is 10.4. The van der Waals surface area contributed by atoms with Crippen LogP contribution in [0.1, 0.15) is 4.88 Å². The molecule has 0 aliphatic carbocycles. The second kappa shape index (κ2) is 8.47. The molecule has 0 amide bonds. The third-order valence-electron chi connectivity index (χ3n) is 3.65. The molecule has 0 aliphatic heterocycles. The number of nitrogens with zero attached hydrogens (tertiary/aromatic N) is 2. The molecule has 9 heteroatoms. The molecule has 142 valence electrons. The summed E-state index contributed by atoms with van der Waals surface area (Å²) in [5.41, 5.74) is 1.62. The highest BCUT2D eigenvalue weighted by Gasteiger charge is 2.15. The molecular formula is C18H19N3O4S2. The van der Waals surface area contributed by atoms with Gasteiger partial charge in [0.05, 0.1) is 12.8 Å². The molecule has 1 N–H and O–H groups in total. The lowest BCUT2D eigenvalue weighted by Crippen LogP contribution is -2.27. The summed E-state index contributed by atoms with van der Waals surface area (Å²) in [6, 6.07) is 14.3. The van der Waals surface area contributed by atoms with E-state index in [0.717, 1.165) is 16.2 Å². The minimum Gasteiger partial charge on any atom is -0.497 e. The molecule has 2 aromatic heterocycles. The standard InChI is InChI=1S/C18H19N3O4S2/c1-13-3-10-18(26-13)27(22,23)19-11-12-25-17-9-8-16(20-21-17)14-4-6-15(24-2)7-5-14/h3-10,19H,11-12H2,1-2H3. The van der Waals surface area contributed by atoms with Crippen LogP contribution in [0.5, 0.6) is 11.6 Å². The molecule has 0 atom stereocenters. The fraction of sp³-hybridized carbons (Fsp3) is 0.222. The molecule has 3 aromatic rings. The van der Waals surface area contributed by atoms with Crippen LogP contribution in [0.25, 0.3) is 11.3 Å². The summed E-state index contributed by atoms with van der Waals surface area (Å²) in [5, 5.41) is 8.14. The zero-order valence-corrected chi connectivity index (χ0v) is 16.5. The highest BCUT2D eigenvalue weighted by molar-refractivity contribution is 7.91. The van der Waals surface area contributed by atoms with Gasteiger partial charge in [0.25, 0.3) is 0 Å². The summed E-state index contributed by atoms with van der Waals surface area (Å²) in [6.07, 6.45) is 0. The Hall–Kier alpha value is -2.49. The van der Waals surface area contributed by atoms with Crippen molar-refractivity contribution in [3.8, 4) is 22.9 Å². The topological polar surface area (TPSA) is 90.4 Å². The van der Waals surface area contributed by atoms with Gasteiger partial charge in [0.15, 0.2) is 0 Å². The number of rotatable bonds is 8. The van der Waals surface area contributed by atoms with Gasteiger partial charge in [0, 0.05) is 23.1 Å². The Morgan fingerprint density at radius 1 is 1.04 bits per heavy atom. The molecule has 0 radical (unpaired) electrons.